The number of aromatic nitrogens is 4. The Morgan fingerprint density at radius 2 is 1.83 bits per heavy atom. The van der Waals surface area contributed by atoms with Crippen LogP contribution in [0.1, 0.15) is 11.4 Å². The van der Waals surface area contributed by atoms with Crippen LogP contribution in [-0.4, -0.2) is 14.1 Å². The van der Waals surface area contributed by atoms with E-state index in [4.69, 9.17) is 4.98 Å². The minimum absolute atomic E-state index is 0.812. The molecule has 5 aromatic rings. The maximum absolute atomic E-state index is 4.80. The van der Waals surface area contributed by atoms with Gasteiger partial charge in [0.2, 0.25) is 12.2 Å². The van der Waals surface area contributed by atoms with E-state index < -0.39 is 0 Å². The zero-order valence-corrected chi connectivity index (χ0v) is 14.0. The minimum Gasteiger partial charge on any atom is -0.338 e. The lowest BCUT2D eigenvalue weighted by Crippen LogP contribution is -2.37. The molecule has 6 rings (SSSR count). The minimum atomic E-state index is 0.812. The Kier molecular flexibility index (Phi) is 1.97. The number of pyridine rings is 1. The number of benzene rings is 2. The third-order valence-electron chi connectivity index (χ3n) is 5.68. The molecule has 0 spiro atoms. The lowest BCUT2D eigenvalue weighted by Gasteiger charge is -2.06. The summed E-state index contributed by atoms with van der Waals surface area (Å²) in [5.41, 5.74) is 7.64. The predicted octanol–water partition coefficient (Wildman–Crippen LogP) is 3.56. The van der Waals surface area contributed by atoms with Crippen LogP contribution < -0.4 is 4.57 Å². The first-order valence-electron chi connectivity index (χ1n) is 8.35. The summed E-state index contributed by atoms with van der Waals surface area (Å²) < 4.78 is 7.07. The Morgan fingerprint density at radius 3 is 2.71 bits per heavy atom. The second kappa shape index (κ2) is 3.78. The quantitative estimate of drug-likeness (QED) is 0.394. The van der Waals surface area contributed by atoms with Crippen molar-refractivity contribution < 1.29 is 4.57 Å². The zero-order valence-electron chi connectivity index (χ0n) is 14.0. The summed E-state index contributed by atoms with van der Waals surface area (Å²) in [5.74, 6) is 1.07. The summed E-state index contributed by atoms with van der Waals surface area (Å²) in [7, 11) is 2.18. The van der Waals surface area contributed by atoms with E-state index in [9.17, 15) is 0 Å². The fourth-order valence-electron chi connectivity index (χ4n) is 4.58. The van der Waals surface area contributed by atoms with Crippen molar-refractivity contribution in [2.45, 2.75) is 20.5 Å². The second-order valence-corrected chi connectivity index (χ2v) is 6.94. The Balaban J connectivity index is 2.10. The highest BCUT2D eigenvalue weighted by Gasteiger charge is 2.27. The van der Waals surface area contributed by atoms with Gasteiger partial charge in [0, 0.05) is 18.5 Å². The van der Waals surface area contributed by atoms with Crippen LogP contribution in [0, 0.1) is 13.8 Å². The van der Waals surface area contributed by atoms with E-state index in [1.165, 1.54) is 43.8 Å². The molecule has 0 bridgehead atoms. The van der Waals surface area contributed by atoms with Crippen molar-refractivity contribution in [3.05, 3.63) is 47.9 Å². The molecule has 0 radical (unpaired) electrons. The number of hydrogen-bond acceptors (Lipinski definition) is 1. The molecule has 3 aromatic heterocycles. The molecule has 0 saturated carbocycles. The maximum atomic E-state index is 4.80. The highest BCUT2D eigenvalue weighted by Crippen LogP contribution is 2.38. The Labute approximate surface area is 138 Å². The SMILES string of the molecule is Cc1cc[n+]2c3c4c5c(ccc6nc(C)n(c65)C2)ccc4n(C)c13. The van der Waals surface area contributed by atoms with Crippen LogP contribution in [0.5, 0.6) is 0 Å². The molecule has 1 aliphatic heterocycles. The van der Waals surface area contributed by atoms with E-state index in [1.54, 1.807) is 0 Å². The molecular formula is C20H17N4+. The first-order valence-corrected chi connectivity index (χ1v) is 8.35. The summed E-state index contributed by atoms with van der Waals surface area (Å²) >= 11 is 0. The largest absolute Gasteiger partial charge is 0.338 e. The van der Waals surface area contributed by atoms with Gasteiger partial charge in [0.25, 0.3) is 0 Å². The molecule has 4 heterocycles. The van der Waals surface area contributed by atoms with Crippen molar-refractivity contribution in [3.63, 3.8) is 0 Å². The molecule has 0 aliphatic carbocycles. The predicted molar refractivity (Wildman–Crippen MR) is 96.3 cm³/mol. The highest BCUT2D eigenvalue weighted by molar-refractivity contribution is 6.25. The van der Waals surface area contributed by atoms with E-state index >= 15 is 0 Å². The summed E-state index contributed by atoms with van der Waals surface area (Å²) in [6, 6.07) is 11.1. The number of hydrogen-bond donors (Lipinski definition) is 0. The van der Waals surface area contributed by atoms with Gasteiger partial charge in [-0.1, -0.05) is 12.1 Å². The molecule has 0 atom stereocenters. The fourth-order valence-corrected chi connectivity index (χ4v) is 4.58. The molecule has 24 heavy (non-hydrogen) atoms. The van der Waals surface area contributed by atoms with Gasteiger partial charge in [-0.05, 0) is 36.9 Å². The van der Waals surface area contributed by atoms with Crippen LogP contribution in [0.25, 0.3) is 43.7 Å². The van der Waals surface area contributed by atoms with Crippen LogP contribution in [-0.2, 0) is 13.7 Å². The third kappa shape index (κ3) is 1.21. The van der Waals surface area contributed by atoms with Crippen LogP contribution in [0.2, 0.25) is 0 Å². The van der Waals surface area contributed by atoms with Gasteiger partial charge in [0.05, 0.1) is 21.9 Å². The molecule has 4 nitrogen and oxygen atoms in total. The smallest absolute Gasteiger partial charge is 0.241 e. The van der Waals surface area contributed by atoms with Crippen molar-refractivity contribution in [3.8, 4) is 0 Å². The Hall–Kier alpha value is -2.88. The second-order valence-electron chi connectivity index (χ2n) is 6.94. The average Bonchev–Trinajstić information content (AvgIpc) is 2.99. The standard InChI is InChI=1S/C20H17N4/c1-11-8-9-23-10-24-12(2)21-14-6-4-13-5-7-15-17(16(13)19(14)24)20(23)18(11)22(15)3/h4-9H,10H2,1-3H3/q+1. The molecular weight excluding hydrogens is 296 g/mol. The first-order chi connectivity index (χ1) is 11.6. The molecule has 116 valence electrons. The average molecular weight is 313 g/mol. The van der Waals surface area contributed by atoms with E-state index in [0.29, 0.717) is 0 Å². The molecule has 0 saturated heterocycles. The van der Waals surface area contributed by atoms with E-state index in [0.717, 1.165) is 18.0 Å². The molecule has 0 unspecified atom stereocenters. The normalized spacial score (nSPS) is 13.5. The van der Waals surface area contributed by atoms with Crippen LogP contribution in [0.3, 0.4) is 0 Å². The molecule has 0 fully saturated rings. The van der Waals surface area contributed by atoms with Crippen LogP contribution >= 0.6 is 0 Å². The van der Waals surface area contributed by atoms with Gasteiger partial charge in [-0.3, -0.25) is 4.57 Å². The molecule has 4 heteroatoms. The van der Waals surface area contributed by atoms with Crippen LogP contribution in [0.4, 0.5) is 0 Å². The highest BCUT2D eigenvalue weighted by atomic mass is 15.2. The van der Waals surface area contributed by atoms with Crippen molar-refractivity contribution >= 4 is 43.7 Å². The summed E-state index contributed by atoms with van der Waals surface area (Å²) in [6.45, 7) is 5.12. The van der Waals surface area contributed by atoms with Gasteiger partial charge in [-0.25, -0.2) is 4.98 Å². The lowest BCUT2D eigenvalue weighted by molar-refractivity contribution is -0.674. The van der Waals surface area contributed by atoms with Gasteiger partial charge in [0.15, 0.2) is 6.20 Å². The van der Waals surface area contributed by atoms with Gasteiger partial charge in [0.1, 0.15) is 11.3 Å². The molecule has 2 aromatic carbocycles. The number of rotatable bonds is 0. The van der Waals surface area contributed by atoms with E-state index in [1.807, 2.05) is 0 Å². The van der Waals surface area contributed by atoms with Gasteiger partial charge >= 0.3 is 0 Å². The van der Waals surface area contributed by atoms with Crippen molar-refractivity contribution in [2.75, 3.05) is 0 Å². The van der Waals surface area contributed by atoms with Crippen molar-refractivity contribution in [1.29, 1.82) is 0 Å². The number of imidazole rings is 1. The lowest BCUT2D eigenvalue weighted by atomic mass is 10.0. The van der Waals surface area contributed by atoms with Gasteiger partial charge < -0.3 is 4.57 Å². The fraction of sp³-hybridized carbons (Fsp3) is 0.200. The molecule has 0 N–H and O–H groups in total. The van der Waals surface area contributed by atoms with E-state index in [-0.39, 0.29) is 0 Å². The zero-order chi connectivity index (χ0) is 16.2. The Bertz CT molecular complexity index is 1350. The number of nitrogens with zero attached hydrogens (tertiary/aromatic N) is 4. The maximum Gasteiger partial charge on any atom is 0.241 e. The van der Waals surface area contributed by atoms with Crippen LogP contribution in [0.15, 0.2) is 36.5 Å². The van der Waals surface area contributed by atoms with Gasteiger partial charge in [-0.15, -0.1) is 0 Å². The summed E-state index contributed by atoms with van der Waals surface area (Å²) in [4.78, 5) is 4.80. The summed E-state index contributed by atoms with van der Waals surface area (Å²) in [6.07, 6.45) is 2.22. The van der Waals surface area contributed by atoms with Crippen molar-refractivity contribution in [1.82, 2.24) is 14.1 Å². The third-order valence-corrected chi connectivity index (χ3v) is 5.68. The topological polar surface area (TPSA) is 26.6 Å². The first kappa shape index (κ1) is 12.5. The monoisotopic (exact) mass is 313 g/mol. The summed E-state index contributed by atoms with van der Waals surface area (Å²) in [5, 5.41) is 3.99. The van der Waals surface area contributed by atoms with Gasteiger partial charge in [-0.2, -0.15) is 4.57 Å². The molecule has 0 amide bonds. The number of aryl methyl sites for hydroxylation is 3. The van der Waals surface area contributed by atoms with Crippen molar-refractivity contribution in [2.24, 2.45) is 7.05 Å². The van der Waals surface area contributed by atoms with E-state index in [2.05, 4.69) is 71.1 Å². The molecule has 1 aliphatic rings. The Morgan fingerprint density at radius 1 is 1.00 bits per heavy atom.